The van der Waals surface area contributed by atoms with Crippen LogP contribution in [0.4, 0.5) is 0 Å². The molecule has 1 aliphatic rings. The fraction of sp³-hybridized carbons (Fsp3) is 0.588. The maximum Gasteiger partial charge on any atom is 0.223 e. The molecular weight excluding hydrogens is 326 g/mol. The highest BCUT2D eigenvalue weighted by atomic mass is 32.2. The van der Waals surface area contributed by atoms with Crippen LogP contribution in [0.1, 0.15) is 12.8 Å². The SMILES string of the molecule is CN1CCNCCCN(C(=O)CCS(=O)(=O)c2ccccc2)CC1. The summed E-state index contributed by atoms with van der Waals surface area (Å²) in [4.78, 5) is 16.7. The van der Waals surface area contributed by atoms with E-state index in [1.807, 2.05) is 7.05 Å². The van der Waals surface area contributed by atoms with Gasteiger partial charge in [-0.1, -0.05) is 18.2 Å². The second-order valence-corrected chi connectivity index (χ2v) is 8.28. The van der Waals surface area contributed by atoms with Crippen LogP contribution in [0.2, 0.25) is 0 Å². The molecule has 2 rings (SSSR count). The van der Waals surface area contributed by atoms with Crippen molar-refractivity contribution >= 4 is 15.7 Å². The Morgan fingerprint density at radius 1 is 1.08 bits per heavy atom. The van der Waals surface area contributed by atoms with E-state index in [2.05, 4.69) is 10.2 Å². The first kappa shape index (κ1) is 18.9. The van der Waals surface area contributed by atoms with Gasteiger partial charge in [-0.05, 0) is 32.1 Å². The van der Waals surface area contributed by atoms with Crippen LogP contribution in [-0.4, -0.2) is 76.2 Å². The van der Waals surface area contributed by atoms with Crippen molar-refractivity contribution in [2.24, 2.45) is 0 Å². The van der Waals surface area contributed by atoms with E-state index >= 15 is 0 Å². The lowest BCUT2D eigenvalue weighted by Gasteiger charge is -2.27. The first-order valence-corrected chi connectivity index (χ1v) is 10.1. The molecule has 1 N–H and O–H groups in total. The van der Waals surface area contributed by atoms with Crippen molar-refractivity contribution in [3.63, 3.8) is 0 Å². The van der Waals surface area contributed by atoms with E-state index in [-0.39, 0.29) is 23.0 Å². The Kier molecular flexibility index (Phi) is 7.20. The number of sulfone groups is 1. The highest BCUT2D eigenvalue weighted by Gasteiger charge is 2.20. The summed E-state index contributed by atoms with van der Waals surface area (Å²) in [7, 11) is -1.37. The molecule has 1 heterocycles. The van der Waals surface area contributed by atoms with Crippen molar-refractivity contribution in [1.82, 2.24) is 15.1 Å². The average Bonchev–Trinajstić information content (AvgIpc) is 2.59. The van der Waals surface area contributed by atoms with Crippen LogP contribution >= 0.6 is 0 Å². The molecule has 0 saturated carbocycles. The first-order chi connectivity index (χ1) is 11.5. The van der Waals surface area contributed by atoms with Gasteiger partial charge in [0.2, 0.25) is 5.91 Å². The highest BCUT2D eigenvalue weighted by molar-refractivity contribution is 7.91. The third-order valence-electron chi connectivity index (χ3n) is 4.24. The smallest absolute Gasteiger partial charge is 0.223 e. The summed E-state index contributed by atoms with van der Waals surface area (Å²) >= 11 is 0. The third-order valence-corrected chi connectivity index (χ3v) is 5.98. The average molecular weight is 353 g/mol. The van der Waals surface area contributed by atoms with Crippen LogP contribution < -0.4 is 5.32 Å². The molecule has 0 atom stereocenters. The van der Waals surface area contributed by atoms with Gasteiger partial charge < -0.3 is 15.1 Å². The molecule has 24 heavy (non-hydrogen) atoms. The molecule has 1 aromatic rings. The summed E-state index contributed by atoms with van der Waals surface area (Å²) < 4.78 is 24.6. The number of amides is 1. The predicted molar refractivity (Wildman–Crippen MR) is 94.7 cm³/mol. The van der Waals surface area contributed by atoms with Crippen LogP contribution in [0.15, 0.2) is 35.2 Å². The van der Waals surface area contributed by atoms with Crippen LogP contribution in [0.25, 0.3) is 0 Å². The lowest BCUT2D eigenvalue weighted by atomic mass is 10.3. The Morgan fingerprint density at radius 3 is 2.58 bits per heavy atom. The molecule has 1 aliphatic heterocycles. The van der Waals surface area contributed by atoms with E-state index in [4.69, 9.17) is 0 Å². The van der Waals surface area contributed by atoms with Crippen molar-refractivity contribution in [2.45, 2.75) is 17.7 Å². The minimum Gasteiger partial charge on any atom is -0.341 e. The Bertz CT molecular complexity index is 619. The Balaban J connectivity index is 1.92. The van der Waals surface area contributed by atoms with Crippen molar-refractivity contribution in [3.8, 4) is 0 Å². The number of carbonyl (C=O) groups excluding carboxylic acids is 1. The van der Waals surface area contributed by atoms with Gasteiger partial charge in [-0.15, -0.1) is 0 Å². The second-order valence-electron chi connectivity index (χ2n) is 6.17. The van der Waals surface area contributed by atoms with Gasteiger partial charge in [0.15, 0.2) is 9.84 Å². The van der Waals surface area contributed by atoms with E-state index in [1.165, 1.54) is 0 Å². The predicted octanol–water partition coefficient (Wildman–Crippen LogP) is 0.604. The lowest BCUT2D eigenvalue weighted by Crippen LogP contribution is -2.42. The largest absolute Gasteiger partial charge is 0.341 e. The van der Waals surface area contributed by atoms with Crippen molar-refractivity contribution in [1.29, 1.82) is 0 Å². The molecule has 1 amide bonds. The normalized spacial score (nSPS) is 18.3. The molecule has 0 aromatic heterocycles. The minimum atomic E-state index is -3.40. The summed E-state index contributed by atoms with van der Waals surface area (Å²) in [5.41, 5.74) is 0. The third kappa shape index (κ3) is 5.89. The molecule has 0 spiro atoms. The molecule has 134 valence electrons. The van der Waals surface area contributed by atoms with Crippen LogP contribution in [0.3, 0.4) is 0 Å². The summed E-state index contributed by atoms with van der Waals surface area (Å²) in [5, 5.41) is 3.35. The van der Waals surface area contributed by atoms with E-state index in [9.17, 15) is 13.2 Å². The Labute approximate surface area is 144 Å². The number of hydrogen-bond donors (Lipinski definition) is 1. The molecule has 0 bridgehead atoms. The molecular formula is C17H27N3O3S. The Hall–Kier alpha value is -1.44. The van der Waals surface area contributed by atoms with Gasteiger partial charge in [0.05, 0.1) is 10.6 Å². The second kappa shape index (κ2) is 9.15. The van der Waals surface area contributed by atoms with Gasteiger partial charge in [0.1, 0.15) is 0 Å². The van der Waals surface area contributed by atoms with Gasteiger partial charge in [0, 0.05) is 39.1 Å². The van der Waals surface area contributed by atoms with E-state index < -0.39 is 9.84 Å². The van der Waals surface area contributed by atoms with Crippen molar-refractivity contribution in [2.75, 3.05) is 52.1 Å². The fourth-order valence-electron chi connectivity index (χ4n) is 2.68. The maximum absolute atomic E-state index is 12.5. The Morgan fingerprint density at radius 2 is 1.83 bits per heavy atom. The topological polar surface area (TPSA) is 69.7 Å². The molecule has 6 nitrogen and oxygen atoms in total. The number of hydrogen-bond acceptors (Lipinski definition) is 5. The number of likely N-dealkylation sites (N-methyl/N-ethyl adjacent to an activating group) is 1. The summed E-state index contributed by atoms with van der Waals surface area (Å²) in [6, 6.07) is 8.32. The molecule has 1 fully saturated rings. The van der Waals surface area contributed by atoms with Crippen LogP contribution in [0, 0.1) is 0 Å². The summed E-state index contributed by atoms with van der Waals surface area (Å²) in [6.07, 6.45) is 0.926. The summed E-state index contributed by atoms with van der Waals surface area (Å²) in [5.74, 6) is -0.219. The number of nitrogens with one attached hydrogen (secondary N) is 1. The zero-order chi connectivity index (χ0) is 17.4. The van der Waals surface area contributed by atoms with Crippen LogP contribution in [-0.2, 0) is 14.6 Å². The number of rotatable bonds is 4. The van der Waals surface area contributed by atoms with Gasteiger partial charge in [-0.25, -0.2) is 8.42 Å². The monoisotopic (exact) mass is 353 g/mol. The van der Waals surface area contributed by atoms with E-state index in [0.717, 1.165) is 32.6 Å². The summed E-state index contributed by atoms with van der Waals surface area (Å²) in [6.45, 7) is 4.91. The molecule has 0 radical (unpaired) electrons. The van der Waals surface area contributed by atoms with Crippen molar-refractivity contribution in [3.05, 3.63) is 30.3 Å². The molecule has 0 unspecified atom stereocenters. The number of carbonyl (C=O) groups is 1. The first-order valence-electron chi connectivity index (χ1n) is 8.44. The molecule has 7 heteroatoms. The van der Waals surface area contributed by atoms with E-state index in [1.54, 1.807) is 35.2 Å². The zero-order valence-corrected chi connectivity index (χ0v) is 15.1. The van der Waals surface area contributed by atoms with Gasteiger partial charge in [-0.3, -0.25) is 4.79 Å². The van der Waals surface area contributed by atoms with Gasteiger partial charge >= 0.3 is 0 Å². The molecule has 0 aliphatic carbocycles. The number of benzene rings is 1. The maximum atomic E-state index is 12.5. The lowest BCUT2D eigenvalue weighted by molar-refractivity contribution is -0.131. The van der Waals surface area contributed by atoms with Crippen molar-refractivity contribution < 1.29 is 13.2 Å². The number of nitrogens with zero attached hydrogens (tertiary/aromatic N) is 2. The molecule has 1 saturated heterocycles. The highest BCUT2D eigenvalue weighted by Crippen LogP contribution is 2.12. The van der Waals surface area contributed by atoms with Crippen LogP contribution in [0.5, 0.6) is 0 Å². The fourth-order valence-corrected chi connectivity index (χ4v) is 3.93. The molecule has 1 aromatic carbocycles. The quantitative estimate of drug-likeness (QED) is 0.859. The van der Waals surface area contributed by atoms with Gasteiger partial charge in [-0.2, -0.15) is 0 Å². The standard InChI is InChI=1S/C17H27N3O3S/c1-19-12-10-18-9-5-11-20(14-13-19)17(21)8-15-24(22,23)16-6-3-2-4-7-16/h2-4,6-7,18H,5,8-15H2,1H3. The minimum absolute atomic E-state index is 0.0361. The van der Waals surface area contributed by atoms with Gasteiger partial charge in [0.25, 0.3) is 0 Å². The zero-order valence-electron chi connectivity index (χ0n) is 14.3. The van der Waals surface area contributed by atoms with E-state index in [0.29, 0.717) is 13.1 Å².